The molecule has 2 rings (SSSR count). The third-order valence-corrected chi connectivity index (χ3v) is 4.06. The molecule has 1 aromatic rings. The van der Waals surface area contributed by atoms with Gasteiger partial charge in [0.25, 0.3) is 0 Å². The molecule has 0 heterocycles. The van der Waals surface area contributed by atoms with Crippen molar-refractivity contribution in [2.75, 3.05) is 5.32 Å². The summed E-state index contributed by atoms with van der Waals surface area (Å²) < 4.78 is 38.1. The van der Waals surface area contributed by atoms with Crippen LogP contribution in [0, 0.1) is 12.8 Å². The van der Waals surface area contributed by atoms with Gasteiger partial charge in [0.05, 0.1) is 5.56 Å². The molecule has 0 saturated heterocycles. The summed E-state index contributed by atoms with van der Waals surface area (Å²) in [5.41, 5.74) is 0.881. The van der Waals surface area contributed by atoms with Crippen molar-refractivity contribution < 1.29 is 13.2 Å². The quantitative estimate of drug-likeness (QED) is 0.815. The van der Waals surface area contributed by atoms with Crippen LogP contribution < -0.4 is 5.32 Å². The van der Waals surface area contributed by atoms with E-state index in [0.29, 0.717) is 11.6 Å². The molecule has 0 aliphatic heterocycles. The molecule has 1 nitrogen and oxygen atoms in total. The number of rotatable bonds is 3. The van der Waals surface area contributed by atoms with Crippen LogP contribution in [0.15, 0.2) is 18.2 Å². The van der Waals surface area contributed by atoms with Crippen LogP contribution in [0.1, 0.15) is 43.7 Å². The maximum Gasteiger partial charge on any atom is 0.416 e. The SMILES string of the molecule is Cc1ccc(C(F)(F)F)cc1NC(C)C1CCCC1. The van der Waals surface area contributed by atoms with Gasteiger partial charge in [0.2, 0.25) is 0 Å². The standard InChI is InChI=1S/C15H20F3N/c1-10-7-8-13(15(16,17)18)9-14(10)19-11(2)12-5-3-4-6-12/h7-9,11-12,19H,3-6H2,1-2H3. The summed E-state index contributed by atoms with van der Waals surface area (Å²) >= 11 is 0. The minimum atomic E-state index is -4.28. The minimum Gasteiger partial charge on any atom is -0.382 e. The van der Waals surface area contributed by atoms with Gasteiger partial charge in [-0.15, -0.1) is 0 Å². The molecule has 0 amide bonds. The Morgan fingerprint density at radius 3 is 2.42 bits per heavy atom. The van der Waals surface area contributed by atoms with E-state index in [4.69, 9.17) is 0 Å². The van der Waals surface area contributed by atoms with E-state index >= 15 is 0 Å². The Morgan fingerprint density at radius 1 is 1.21 bits per heavy atom. The molecule has 1 fully saturated rings. The van der Waals surface area contributed by atoms with Gasteiger partial charge in [-0.05, 0) is 50.3 Å². The minimum absolute atomic E-state index is 0.227. The third-order valence-electron chi connectivity index (χ3n) is 4.06. The zero-order valence-corrected chi connectivity index (χ0v) is 11.3. The Hall–Kier alpha value is -1.19. The van der Waals surface area contributed by atoms with Crippen LogP contribution in [-0.2, 0) is 6.18 Å². The Labute approximate surface area is 112 Å². The summed E-state index contributed by atoms with van der Waals surface area (Å²) in [4.78, 5) is 0. The van der Waals surface area contributed by atoms with Crippen molar-refractivity contribution in [2.24, 2.45) is 5.92 Å². The Bertz CT molecular complexity index is 434. The monoisotopic (exact) mass is 271 g/mol. The van der Waals surface area contributed by atoms with E-state index in [2.05, 4.69) is 12.2 Å². The van der Waals surface area contributed by atoms with Crippen molar-refractivity contribution in [3.63, 3.8) is 0 Å². The number of nitrogens with one attached hydrogen (secondary N) is 1. The fourth-order valence-corrected chi connectivity index (χ4v) is 2.77. The molecule has 19 heavy (non-hydrogen) atoms. The van der Waals surface area contributed by atoms with Crippen LogP contribution in [0.5, 0.6) is 0 Å². The number of alkyl halides is 3. The predicted molar refractivity (Wildman–Crippen MR) is 71.2 cm³/mol. The lowest BCUT2D eigenvalue weighted by Crippen LogP contribution is -2.24. The van der Waals surface area contributed by atoms with Crippen LogP contribution in [0.3, 0.4) is 0 Å². The van der Waals surface area contributed by atoms with Crippen molar-refractivity contribution in [2.45, 2.75) is 51.7 Å². The first-order valence-electron chi connectivity index (χ1n) is 6.82. The molecular weight excluding hydrogens is 251 g/mol. The summed E-state index contributed by atoms with van der Waals surface area (Å²) in [5, 5.41) is 3.26. The van der Waals surface area contributed by atoms with Crippen LogP contribution in [0.2, 0.25) is 0 Å². The van der Waals surface area contributed by atoms with Crippen LogP contribution in [0.4, 0.5) is 18.9 Å². The molecular formula is C15H20F3N. The first-order chi connectivity index (χ1) is 8.88. The van der Waals surface area contributed by atoms with Gasteiger partial charge in [0.1, 0.15) is 0 Å². The van der Waals surface area contributed by atoms with Gasteiger partial charge in [-0.1, -0.05) is 18.9 Å². The van der Waals surface area contributed by atoms with Crippen molar-refractivity contribution in [1.29, 1.82) is 0 Å². The second-order valence-electron chi connectivity index (χ2n) is 5.51. The normalized spacial score (nSPS) is 18.6. The van der Waals surface area contributed by atoms with E-state index in [1.54, 1.807) is 0 Å². The fourth-order valence-electron chi connectivity index (χ4n) is 2.77. The number of hydrogen-bond acceptors (Lipinski definition) is 1. The van der Waals surface area contributed by atoms with E-state index in [9.17, 15) is 13.2 Å². The average molecular weight is 271 g/mol. The summed E-state index contributed by atoms with van der Waals surface area (Å²) in [6, 6.07) is 4.12. The molecule has 0 aromatic heterocycles. The number of hydrogen-bond donors (Lipinski definition) is 1. The van der Waals surface area contributed by atoms with Gasteiger partial charge in [-0.2, -0.15) is 13.2 Å². The highest BCUT2D eigenvalue weighted by molar-refractivity contribution is 5.53. The van der Waals surface area contributed by atoms with Crippen molar-refractivity contribution in [1.82, 2.24) is 0 Å². The largest absolute Gasteiger partial charge is 0.416 e. The zero-order valence-electron chi connectivity index (χ0n) is 11.3. The Balaban J connectivity index is 2.14. The highest BCUT2D eigenvalue weighted by atomic mass is 19.4. The topological polar surface area (TPSA) is 12.0 Å². The lowest BCUT2D eigenvalue weighted by Gasteiger charge is -2.23. The predicted octanol–water partition coefficient (Wildman–Crippen LogP) is 5.00. The zero-order chi connectivity index (χ0) is 14.0. The van der Waals surface area contributed by atoms with Crippen LogP contribution >= 0.6 is 0 Å². The molecule has 106 valence electrons. The molecule has 1 aromatic carbocycles. The van der Waals surface area contributed by atoms with E-state index in [0.717, 1.165) is 11.6 Å². The van der Waals surface area contributed by atoms with E-state index < -0.39 is 11.7 Å². The van der Waals surface area contributed by atoms with Crippen molar-refractivity contribution in [3.05, 3.63) is 29.3 Å². The Kier molecular flexibility index (Phi) is 4.07. The summed E-state index contributed by atoms with van der Waals surface area (Å²) in [6.07, 6.45) is 0.537. The van der Waals surface area contributed by atoms with Gasteiger partial charge in [-0.3, -0.25) is 0 Å². The van der Waals surface area contributed by atoms with Crippen LogP contribution in [0.25, 0.3) is 0 Å². The lowest BCUT2D eigenvalue weighted by atomic mass is 9.99. The van der Waals surface area contributed by atoms with Crippen molar-refractivity contribution >= 4 is 5.69 Å². The van der Waals surface area contributed by atoms with Crippen molar-refractivity contribution in [3.8, 4) is 0 Å². The molecule has 1 aliphatic rings. The maximum absolute atomic E-state index is 12.7. The van der Waals surface area contributed by atoms with E-state index in [1.807, 2.05) is 6.92 Å². The van der Waals surface area contributed by atoms with E-state index in [1.165, 1.54) is 37.8 Å². The van der Waals surface area contributed by atoms with Gasteiger partial charge in [0.15, 0.2) is 0 Å². The molecule has 1 aliphatic carbocycles. The second kappa shape index (κ2) is 5.43. The molecule has 0 spiro atoms. The number of aryl methyl sites for hydroxylation is 1. The van der Waals surface area contributed by atoms with Gasteiger partial charge in [0, 0.05) is 11.7 Å². The highest BCUT2D eigenvalue weighted by Crippen LogP contribution is 2.34. The average Bonchev–Trinajstić information content (AvgIpc) is 2.84. The molecule has 0 radical (unpaired) electrons. The van der Waals surface area contributed by atoms with Gasteiger partial charge in [-0.25, -0.2) is 0 Å². The fraction of sp³-hybridized carbons (Fsp3) is 0.600. The smallest absolute Gasteiger partial charge is 0.382 e. The second-order valence-corrected chi connectivity index (χ2v) is 5.51. The molecule has 1 unspecified atom stereocenters. The summed E-state index contributed by atoms with van der Waals surface area (Å²) in [5.74, 6) is 0.578. The van der Waals surface area contributed by atoms with Crippen LogP contribution in [-0.4, -0.2) is 6.04 Å². The molecule has 1 saturated carbocycles. The summed E-state index contributed by atoms with van der Waals surface area (Å²) in [6.45, 7) is 3.90. The maximum atomic E-state index is 12.7. The number of halogens is 3. The highest BCUT2D eigenvalue weighted by Gasteiger charge is 2.31. The molecule has 4 heteroatoms. The third kappa shape index (κ3) is 3.43. The van der Waals surface area contributed by atoms with Gasteiger partial charge < -0.3 is 5.32 Å². The molecule has 0 bridgehead atoms. The van der Waals surface area contributed by atoms with E-state index in [-0.39, 0.29) is 6.04 Å². The van der Waals surface area contributed by atoms with Gasteiger partial charge >= 0.3 is 6.18 Å². The lowest BCUT2D eigenvalue weighted by molar-refractivity contribution is -0.137. The first kappa shape index (κ1) is 14.2. The summed E-state index contributed by atoms with van der Waals surface area (Å²) in [7, 11) is 0. The number of benzene rings is 1. The molecule has 1 N–H and O–H groups in total. The first-order valence-corrected chi connectivity index (χ1v) is 6.82. The molecule has 1 atom stereocenters. The number of anilines is 1. The Morgan fingerprint density at radius 2 is 1.84 bits per heavy atom.